The van der Waals surface area contributed by atoms with Gasteiger partial charge in [0, 0.05) is 24.9 Å². The van der Waals surface area contributed by atoms with Gasteiger partial charge in [0.05, 0.1) is 11.1 Å². The van der Waals surface area contributed by atoms with Gasteiger partial charge in [0.2, 0.25) is 18.2 Å². The van der Waals surface area contributed by atoms with Crippen LogP contribution in [-0.2, 0) is 27.2 Å². The Morgan fingerprint density at radius 1 is 1.00 bits per heavy atom. The summed E-state index contributed by atoms with van der Waals surface area (Å²) in [5.74, 6) is -1.94. The molecule has 2 saturated heterocycles. The number of fused-ring (bicyclic) bond motifs is 2. The van der Waals surface area contributed by atoms with Crippen LogP contribution in [0.2, 0.25) is 0 Å². The third kappa shape index (κ3) is 2.19. The molecule has 8 heteroatoms. The Hall–Kier alpha value is -3.03. The van der Waals surface area contributed by atoms with Crippen LogP contribution >= 0.6 is 0 Å². The highest BCUT2D eigenvalue weighted by Crippen LogP contribution is 2.45. The molecule has 1 N–H and O–H groups in total. The number of carbonyl (C=O) groups is 5. The number of likely N-dealkylation sites (tertiary alicyclic amines) is 1. The largest absolute Gasteiger partial charge is 0.344 e. The van der Waals surface area contributed by atoms with Crippen LogP contribution in [0, 0.1) is 5.41 Å². The smallest absolute Gasteiger partial charge is 0.262 e. The fourth-order valence-electron chi connectivity index (χ4n) is 4.92. The lowest BCUT2D eigenvalue weighted by Crippen LogP contribution is -2.56. The first-order valence-electron chi connectivity index (χ1n) is 8.97. The highest BCUT2D eigenvalue weighted by atomic mass is 16.2. The van der Waals surface area contributed by atoms with Crippen molar-refractivity contribution in [2.45, 2.75) is 31.7 Å². The second kappa shape index (κ2) is 5.25. The Kier molecular flexibility index (Phi) is 3.14. The number of rotatable bonds is 2. The Balaban J connectivity index is 1.44. The summed E-state index contributed by atoms with van der Waals surface area (Å²) in [6.45, 7) is 1.39. The molecule has 1 spiro atoms. The third-order valence-corrected chi connectivity index (χ3v) is 6.12. The van der Waals surface area contributed by atoms with E-state index in [2.05, 4.69) is 5.32 Å². The zero-order valence-electron chi connectivity index (χ0n) is 14.5. The van der Waals surface area contributed by atoms with Crippen molar-refractivity contribution in [2.24, 2.45) is 5.41 Å². The second-order valence-corrected chi connectivity index (χ2v) is 7.98. The van der Waals surface area contributed by atoms with Crippen LogP contribution in [0.15, 0.2) is 12.1 Å². The summed E-state index contributed by atoms with van der Waals surface area (Å²) in [4.78, 5) is 62.8. The van der Waals surface area contributed by atoms with Gasteiger partial charge in [-0.3, -0.25) is 34.2 Å². The van der Waals surface area contributed by atoms with E-state index in [1.54, 1.807) is 17.0 Å². The predicted molar refractivity (Wildman–Crippen MR) is 90.6 cm³/mol. The molecule has 2 fully saturated rings. The molecule has 1 atom stereocenters. The molecule has 5 rings (SSSR count). The molecule has 4 aliphatic rings. The van der Waals surface area contributed by atoms with Gasteiger partial charge >= 0.3 is 0 Å². The zero-order valence-corrected chi connectivity index (χ0v) is 14.5. The number of carbonyl (C=O) groups excluding carboxylic acids is 5. The monoisotopic (exact) mass is 367 g/mol. The molecule has 5 amide bonds. The Bertz CT molecular complexity index is 900. The zero-order chi connectivity index (χ0) is 18.9. The van der Waals surface area contributed by atoms with Gasteiger partial charge in [0.15, 0.2) is 0 Å². The van der Waals surface area contributed by atoms with E-state index in [4.69, 9.17) is 0 Å². The predicted octanol–water partition coefficient (Wildman–Crippen LogP) is -0.355. The minimum Gasteiger partial charge on any atom is -0.344 e. The van der Waals surface area contributed by atoms with E-state index in [0.717, 1.165) is 35.3 Å². The number of benzene rings is 1. The molecule has 1 aromatic carbocycles. The lowest BCUT2D eigenvalue weighted by molar-refractivity contribution is -0.136. The Labute approximate surface area is 154 Å². The van der Waals surface area contributed by atoms with E-state index in [9.17, 15) is 24.0 Å². The number of hydrogen-bond donors (Lipinski definition) is 1. The number of hydrogen-bond acceptors (Lipinski definition) is 5. The standard InChI is InChI=1S/C19H17N3O5/c23-9-21-7-19(8-21)5-10-3-12-13(4-11(10)6-19)18(27)22(17(12)26)14-1-2-15(24)20-16(14)25/h3-4,9,14H,1-2,5-8H2,(H,20,24,25). The summed E-state index contributed by atoms with van der Waals surface area (Å²) in [5.41, 5.74) is 2.74. The van der Waals surface area contributed by atoms with Crippen molar-refractivity contribution < 1.29 is 24.0 Å². The van der Waals surface area contributed by atoms with E-state index >= 15 is 0 Å². The lowest BCUT2D eigenvalue weighted by atomic mass is 9.77. The second-order valence-electron chi connectivity index (χ2n) is 7.98. The van der Waals surface area contributed by atoms with Crippen LogP contribution in [0.1, 0.15) is 44.7 Å². The normalized spacial score (nSPS) is 25.4. The number of imide groups is 2. The molecule has 1 aliphatic carbocycles. The van der Waals surface area contributed by atoms with Crippen molar-refractivity contribution >= 4 is 30.0 Å². The Morgan fingerprint density at radius 3 is 2.11 bits per heavy atom. The van der Waals surface area contributed by atoms with Crippen LogP contribution in [0.5, 0.6) is 0 Å². The van der Waals surface area contributed by atoms with Crippen molar-refractivity contribution in [3.63, 3.8) is 0 Å². The molecule has 1 aromatic rings. The first-order chi connectivity index (χ1) is 12.9. The van der Waals surface area contributed by atoms with Crippen LogP contribution in [-0.4, -0.2) is 59.0 Å². The van der Waals surface area contributed by atoms with E-state index in [1.807, 2.05) is 0 Å². The first kappa shape index (κ1) is 16.2. The first-order valence-corrected chi connectivity index (χ1v) is 8.97. The number of piperidine rings is 1. The van der Waals surface area contributed by atoms with E-state index in [-0.39, 0.29) is 24.2 Å². The van der Waals surface area contributed by atoms with E-state index in [1.165, 1.54) is 0 Å². The molecule has 0 radical (unpaired) electrons. The van der Waals surface area contributed by atoms with Crippen molar-refractivity contribution in [2.75, 3.05) is 13.1 Å². The number of nitrogens with one attached hydrogen (secondary N) is 1. The highest BCUT2D eigenvalue weighted by molar-refractivity contribution is 6.23. The fraction of sp³-hybridized carbons (Fsp3) is 0.421. The molecule has 0 aromatic heterocycles. The van der Waals surface area contributed by atoms with E-state index < -0.39 is 23.8 Å². The van der Waals surface area contributed by atoms with Gasteiger partial charge < -0.3 is 4.90 Å². The van der Waals surface area contributed by atoms with Gasteiger partial charge in [0.1, 0.15) is 6.04 Å². The average Bonchev–Trinajstić information content (AvgIpc) is 3.09. The van der Waals surface area contributed by atoms with E-state index in [0.29, 0.717) is 24.2 Å². The maximum Gasteiger partial charge on any atom is 0.262 e. The van der Waals surface area contributed by atoms with Crippen LogP contribution < -0.4 is 5.32 Å². The molecule has 3 aliphatic heterocycles. The minimum atomic E-state index is -0.941. The fourth-order valence-corrected chi connectivity index (χ4v) is 4.92. The van der Waals surface area contributed by atoms with Crippen molar-refractivity contribution in [3.05, 3.63) is 34.4 Å². The molecular formula is C19H17N3O5. The summed E-state index contributed by atoms with van der Waals surface area (Å²) in [6.07, 6.45) is 2.66. The van der Waals surface area contributed by atoms with Gasteiger partial charge in [-0.05, 0) is 42.5 Å². The summed E-state index contributed by atoms with van der Waals surface area (Å²) < 4.78 is 0. The maximum absolute atomic E-state index is 12.9. The number of nitrogens with zero attached hydrogens (tertiary/aromatic N) is 2. The quantitative estimate of drug-likeness (QED) is 0.568. The van der Waals surface area contributed by atoms with Crippen molar-refractivity contribution in [1.29, 1.82) is 0 Å². The van der Waals surface area contributed by atoms with Gasteiger partial charge in [-0.2, -0.15) is 0 Å². The summed E-state index contributed by atoms with van der Waals surface area (Å²) >= 11 is 0. The summed E-state index contributed by atoms with van der Waals surface area (Å²) in [5, 5.41) is 2.20. The molecule has 0 bridgehead atoms. The molecular weight excluding hydrogens is 350 g/mol. The summed E-state index contributed by atoms with van der Waals surface area (Å²) in [7, 11) is 0. The van der Waals surface area contributed by atoms with Crippen molar-refractivity contribution in [1.82, 2.24) is 15.1 Å². The third-order valence-electron chi connectivity index (χ3n) is 6.12. The topological polar surface area (TPSA) is 104 Å². The molecule has 27 heavy (non-hydrogen) atoms. The minimum absolute atomic E-state index is 0.0216. The van der Waals surface area contributed by atoms with Crippen LogP contribution in [0.4, 0.5) is 0 Å². The van der Waals surface area contributed by atoms with Gasteiger partial charge in [-0.15, -0.1) is 0 Å². The Morgan fingerprint density at radius 2 is 1.59 bits per heavy atom. The van der Waals surface area contributed by atoms with Gasteiger partial charge in [0.25, 0.3) is 11.8 Å². The van der Waals surface area contributed by atoms with Crippen LogP contribution in [0.3, 0.4) is 0 Å². The van der Waals surface area contributed by atoms with Crippen molar-refractivity contribution in [3.8, 4) is 0 Å². The molecule has 138 valence electrons. The average molecular weight is 367 g/mol. The van der Waals surface area contributed by atoms with Gasteiger partial charge in [-0.25, -0.2) is 0 Å². The highest BCUT2D eigenvalue weighted by Gasteiger charge is 2.49. The molecule has 1 unspecified atom stereocenters. The molecule has 3 heterocycles. The van der Waals surface area contributed by atoms with Gasteiger partial charge in [-0.1, -0.05) is 0 Å². The number of amides is 5. The maximum atomic E-state index is 12.9. The van der Waals surface area contributed by atoms with Crippen LogP contribution in [0.25, 0.3) is 0 Å². The summed E-state index contributed by atoms with van der Waals surface area (Å²) in [6, 6.07) is 2.61. The molecule has 0 saturated carbocycles. The SMILES string of the molecule is O=CN1CC2(Cc3cc4c(cc3C2)C(=O)N(C2CCC(=O)NC2=O)C4=O)C1. The lowest BCUT2D eigenvalue weighted by Gasteiger charge is -2.46. The molecule has 8 nitrogen and oxygen atoms in total.